The van der Waals surface area contributed by atoms with E-state index in [2.05, 4.69) is 0 Å². The minimum Gasteiger partial charge on any atom is -0.497 e. The van der Waals surface area contributed by atoms with Crippen LogP contribution in [0.1, 0.15) is 24.0 Å². The summed E-state index contributed by atoms with van der Waals surface area (Å²) >= 11 is 0. The van der Waals surface area contributed by atoms with Gasteiger partial charge in [-0.3, -0.25) is 14.4 Å². The van der Waals surface area contributed by atoms with Gasteiger partial charge in [0, 0.05) is 16.9 Å². The van der Waals surface area contributed by atoms with E-state index in [1.54, 1.807) is 31.4 Å². The summed E-state index contributed by atoms with van der Waals surface area (Å²) in [5, 5.41) is 1.78. The Morgan fingerprint density at radius 2 is 1.51 bits per heavy atom. The number of nitrogens with zero attached hydrogens (tertiary/aromatic N) is 1. The van der Waals surface area contributed by atoms with E-state index >= 15 is 0 Å². The first-order chi connectivity index (χ1) is 20.0. The van der Waals surface area contributed by atoms with Crippen LogP contribution in [0.4, 0.5) is 5.69 Å². The molecule has 0 unspecified atom stereocenters. The van der Waals surface area contributed by atoms with Gasteiger partial charge in [-0.05, 0) is 59.8 Å². The second-order valence-electron chi connectivity index (χ2n) is 10.5. The van der Waals surface area contributed by atoms with E-state index < -0.39 is 35.5 Å². The highest BCUT2D eigenvalue weighted by Crippen LogP contribution is 2.55. The van der Waals surface area contributed by atoms with Crippen LogP contribution in [0, 0.1) is 17.8 Å². The minimum absolute atomic E-state index is 0.336. The lowest BCUT2D eigenvalue weighted by Crippen LogP contribution is -2.42. The van der Waals surface area contributed by atoms with Crippen molar-refractivity contribution in [3.8, 4) is 17.2 Å². The fraction of sp³-hybridized carbons (Fsp3) is 0.206. The van der Waals surface area contributed by atoms with Crippen molar-refractivity contribution in [2.24, 2.45) is 17.8 Å². The third kappa shape index (κ3) is 3.84. The quantitative estimate of drug-likeness (QED) is 0.180. The number of rotatable bonds is 5. The summed E-state index contributed by atoms with van der Waals surface area (Å²) in [5.41, 5.74) is 2.80. The van der Waals surface area contributed by atoms with Crippen LogP contribution in [0.25, 0.3) is 16.3 Å². The van der Waals surface area contributed by atoms with Crippen molar-refractivity contribution in [3.63, 3.8) is 0 Å². The van der Waals surface area contributed by atoms with Crippen molar-refractivity contribution in [2.45, 2.75) is 12.8 Å². The zero-order valence-corrected chi connectivity index (χ0v) is 22.6. The fourth-order valence-electron chi connectivity index (χ4n) is 6.55. The zero-order valence-electron chi connectivity index (χ0n) is 22.6. The molecule has 0 spiro atoms. The molecule has 1 aliphatic carbocycles. The van der Waals surface area contributed by atoms with Crippen LogP contribution in [-0.2, 0) is 14.4 Å². The van der Waals surface area contributed by atoms with E-state index in [9.17, 15) is 14.4 Å². The number of ether oxygens (including phenoxy) is 3. The zero-order chi connectivity index (χ0) is 28.2. The third-order valence-electron chi connectivity index (χ3n) is 8.39. The topological polar surface area (TPSA) is 82.1 Å². The van der Waals surface area contributed by atoms with Crippen LogP contribution in [0.15, 0.2) is 91.0 Å². The second-order valence-corrected chi connectivity index (χ2v) is 10.5. The highest BCUT2D eigenvalue weighted by Gasteiger charge is 2.60. The van der Waals surface area contributed by atoms with Gasteiger partial charge in [-0.25, -0.2) is 4.90 Å². The highest BCUT2D eigenvalue weighted by atomic mass is 16.5. The molecule has 2 aliphatic heterocycles. The first kappa shape index (κ1) is 25.1. The number of carbonyl (C=O) groups is 3. The molecule has 7 rings (SSSR count). The van der Waals surface area contributed by atoms with Gasteiger partial charge in [0.2, 0.25) is 11.8 Å². The van der Waals surface area contributed by atoms with Crippen molar-refractivity contribution >= 4 is 39.8 Å². The van der Waals surface area contributed by atoms with Crippen molar-refractivity contribution < 1.29 is 28.6 Å². The molecule has 3 aliphatic rings. The molecular formula is C34H27NO6. The Morgan fingerprint density at radius 3 is 2.24 bits per heavy atom. The lowest BCUT2D eigenvalue weighted by Gasteiger charge is -2.38. The average molecular weight is 546 g/mol. The molecule has 2 heterocycles. The number of fused-ring (bicyclic) bond motifs is 7. The van der Waals surface area contributed by atoms with Gasteiger partial charge in [-0.15, -0.1) is 0 Å². The molecule has 4 atom stereocenters. The van der Waals surface area contributed by atoms with Gasteiger partial charge in [-0.1, -0.05) is 54.6 Å². The summed E-state index contributed by atoms with van der Waals surface area (Å²) in [6, 6.07) is 26.1. The first-order valence-electron chi connectivity index (χ1n) is 13.7. The smallest absolute Gasteiger partial charge is 0.319 e. The molecule has 7 nitrogen and oxygen atoms in total. The molecule has 41 heavy (non-hydrogen) atoms. The molecule has 2 amide bonds. The molecule has 204 valence electrons. The van der Waals surface area contributed by atoms with Crippen LogP contribution in [-0.4, -0.2) is 31.5 Å². The number of esters is 1. The van der Waals surface area contributed by atoms with Crippen molar-refractivity contribution in [2.75, 3.05) is 18.6 Å². The van der Waals surface area contributed by atoms with Crippen LogP contribution in [0.3, 0.4) is 0 Å². The van der Waals surface area contributed by atoms with Gasteiger partial charge in [-0.2, -0.15) is 0 Å². The minimum atomic E-state index is -0.909. The predicted octanol–water partition coefficient (Wildman–Crippen LogP) is 5.77. The molecular weight excluding hydrogens is 518 g/mol. The molecule has 0 radical (unpaired) electrons. The molecule has 0 N–H and O–H groups in total. The van der Waals surface area contributed by atoms with E-state index in [0.29, 0.717) is 29.5 Å². The van der Waals surface area contributed by atoms with Crippen LogP contribution >= 0.6 is 0 Å². The maximum absolute atomic E-state index is 14.2. The van der Waals surface area contributed by atoms with E-state index in [1.807, 2.05) is 73.7 Å². The molecule has 1 fully saturated rings. The lowest BCUT2D eigenvalue weighted by atomic mass is 9.64. The first-order valence-corrected chi connectivity index (χ1v) is 13.7. The Hall–Kier alpha value is -4.91. The van der Waals surface area contributed by atoms with Crippen molar-refractivity contribution in [3.05, 3.63) is 102 Å². The molecule has 0 saturated carbocycles. The fourth-order valence-corrected chi connectivity index (χ4v) is 6.55. The Kier molecular flexibility index (Phi) is 5.89. The van der Waals surface area contributed by atoms with Crippen molar-refractivity contribution in [1.29, 1.82) is 0 Å². The Balaban J connectivity index is 1.39. The number of benzene rings is 4. The molecule has 0 aromatic heterocycles. The summed E-state index contributed by atoms with van der Waals surface area (Å²) in [4.78, 5) is 43.3. The van der Waals surface area contributed by atoms with Gasteiger partial charge in [0.25, 0.3) is 0 Å². The highest BCUT2D eigenvalue weighted by molar-refractivity contribution is 6.24. The number of imide groups is 1. The SMILES string of the molecule is CCOc1ccc(N2C(=O)[C@@H]3[C@@H]4C(=O)Oc5c(ccc6ccccc56)C4=C[C@H](c4ccc(OC)cc4)[C@@H]3C2=O)cc1. The van der Waals surface area contributed by atoms with Crippen LogP contribution in [0.5, 0.6) is 17.2 Å². The van der Waals surface area contributed by atoms with Gasteiger partial charge in [0.15, 0.2) is 0 Å². The van der Waals surface area contributed by atoms with Crippen molar-refractivity contribution in [1.82, 2.24) is 0 Å². The van der Waals surface area contributed by atoms with E-state index in [0.717, 1.165) is 27.5 Å². The third-order valence-corrected chi connectivity index (χ3v) is 8.39. The molecule has 0 bridgehead atoms. The van der Waals surface area contributed by atoms with Crippen LogP contribution < -0.4 is 19.1 Å². The number of hydrogen-bond donors (Lipinski definition) is 0. The summed E-state index contributed by atoms with van der Waals surface area (Å²) in [7, 11) is 1.60. The molecule has 7 heteroatoms. The summed E-state index contributed by atoms with van der Waals surface area (Å²) in [6.07, 6.45) is 1.99. The molecule has 1 saturated heterocycles. The largest absolute Gasteiger partial charge is 0.497 e. The summed E-state index contributed by atoms with van der Waals surface area (Å²) in [5.74, 6) is -2.45. The average Bonchev–Trinajstić information content (AvgIpc) is 3.27. The number of methoxy groups -OCH3 is 1. The Bertz CT molecular complexity index is 1740. The number of anilines is 1. The van der Waals surface area contributed by atoms with Gasteiger partial charge in [0.05, 0.1) is 37.2 Å². The molecule has 4 aromatic rings. The Labute approximate surface area is 236 Å². The normalized spacial score (nSPS) is 22.9. The standard InChI is InChI=1S/C34H27NO6/c1-3-40-23-15-11-21(12-16-23)35-32(36)28-26(20-8-13-22(39-2)14-9-20)18-27-25-17-10-19-6-4-5-7-24(19)31(25)41-34(38)29(27)30(28)33(35)37/h4-18,26,28-30H,3H2,1-2H3/t26-,28+,29-,30+/m1/s1. The maximum atomic E-state index is 14.2. The number of amides is 2. The maximum Gasteiger partial charge on any atom is 0.319 e. The monoisotopic (exact) mass is 545 g/mol. The van der Waals surface area contributed by atoms with E-state index in [-0.39, 0.29) is 5.91 Å². The van der Waals surface area contributed by atoms with Gasteiger partial charge < -0.3 is 14.2 Å². The number of hydrogen-bond acceptors (Lipinski definition) is 6. The number of allylic oxidation sites excluding steroid dienone is 1. The number of carbonyl (C=O) groups excluding carboxylic acids is 3. The lowest BCUT2D eigenvalue weighted by molar-refractivity contribution is -0.142. The van der Waals surface area contributed by atoms with Gasteiger partial charge >= 0.3 is 5.97 Å². The van der Waals surface area contributed by atoms with E-state index in [1.165, 1.54) is 4.90 Å². The summed E-state index contributed by atoms with van der Waals surface area (Å²) in [6.45, 7) is 2.39. The predicted molar refractivity (Wildman–Crippen MR) is 154 cm³/mol. The Morgan fingerprint density at radius 1 is 0.805 bits per heavy atom. The van der Waals surface area contributed by atoms with Crippen LogP contribution in [0.2, 0.25) is 0 Å². The van der Waals surface area contributed by atoms with E-state index in [4.69, 9.17) is 14.2 Å². The second kappa shape index (κ2) is 9.63. The summed E-state index contributed by atoms with van der Waals surface area (Å²) < 4.78 is 16.9. The molecule has 4 aromatic carbocycles. The van der Waals surface area contributed by atoms with Gasteiger partial charge in [0.1, 0.15) is 17.2 Å².